The molecule has 6 atom stereocenters. The average molecular weight is 237 g/mol. The molecule has 17 heavy (non-hydrogen) atoms. The molecule has 3 saturated carbocycles. The molecule has 3 nitrogen and oxygen atoms in total. The summed E-state index contributed by atoms with van der Waals surface area (Å²) in [6.07, 6.45) is 4.00. The second kappa shape index (κ2) is 3.25. The maximum atomic E-state index is 11.2. The van der Waals surface area contributed by atoms with Gasteiger partial charge >= 0.3 is 5.97 Å². The van der Waals surface area contributed by atoms with Crippen LogP contribution < -0.4 is 5.73 Å². The van der Waals surface area contributed by atoms with Gasteiger partial charge in [-0.1, -0.05) is 13.8 Å². The molecule has 0 aromatic rings. The molecule has 0 aromatic carbocycles. The second-order valence-electron chi connectivity index (χ2n) is 6.84. The number of aliphatic carboxylic acids is 1. The van der Waals surface area contributed by atoms with Gasteiger partial charge in [0.05, 0.1) is 6.42 Å². The molecule has 0 heterocycles. The maximum Gasteiger partial charge on any atom is 0.303 e. The lowest BCUT2D eigenvalue weighted by molar-refractivity contribution is -0.206. The third-order valence-corrected chi connectivity index (χ3v) is 6.80. The first-order chi connectivity index (χ1) is 7.96. The Morgan fingerprint density at radius 1 is 1.41 bits per heavy atom. The molecule has 3 N–H and O–H groups in total. The summed E-state index contributed by atoms with van der Waals surface area (Å²) in [7, 11) is 0. The van der Waals surface area contributed by atoms with E-state index in [-0.39, 0.29) is 11.8 Å². The third-order valence-electron chi connectivity index (χ3n) is 6.80. The van der Waals surface area contributed by atoms with Crippen LogP contribution in [0, 0.1) is 34.5 Å². The summed E-state index contributed by atoms with van der Waals surface area (Å²) >= 11 is 0. The molecule has 3 heteroatoms. The van der Waals surface area contributed by atoms with Gasteiger partial charge in [0.1, 0.15) is 0 Å². The molecule has 0 radical (unpaired) electrons. The molecule has 0 spiro atoms. The van der Waals surface area contributed by atoms with Crippen LogP contribution in [0.3, 0.4) is 0 Å². The van der Waals surface area contributed by atoms with Crippen molar-refractivity contribution >= 4 is 5.97 Å². The minimum Gasteiger partial charge on any atom is -0.481 e. The summed E-state index contributed by atoms with van der Waals surface area (Å²) in [5.41, 5.74) is 6.30. The van der Waals surface area contributed by atoms with Gasteiger partial charge in [-0.2, -0.15) is 0 Å². The van der Waals surface area contributed by atoms with Crippen LogP contribution in [0.4, 0.5) is 0 Å². The van der Waals surface area contributed by atoms with Gasteiger partial charge in [-0.25, -0.2) is 0 Å². The number of carboxylic acid groups (broad SMARTS) is 1. The SMILES string of the molecule is CC1C2CCC3C(CN)(CC(=O)O)C(C2)C13C. The molecule has 0 amide bonds. The van der Waals surface area contributed by atoms with Crippen LogP contribution >= 0.6 is 0 Å². The van der Waals surface area contributed by atoms with E-state index >= 15 is 0 Å². The van der Waals surface area contributed by atoms with Gasteiger partial charge in [-0.3, -0.25) is 4.79 Å². The first-order valence-corrected chi connectivity index (χ1v) is 6.88. The Morgan fingerprint density at radius 3 is 2.71 bits per heavy atom. The lowest BCUT2D eigenvalue weighted by Gasteiger charge is -2.68. The number of rotatable bonds is 3. The van der Waals surface area contributed by atoms with E-state index in [0.29, 0.717) is 23.8 Å². The van der Waals surface area contributed by atoms with Gasteiger partial charge in [0.15, 0.2) is 0 Å². The summed E-state index contributed by atoms with van der Waals surface area (Å²) < 4.78 is 0. The summed E-state index contributed by atoms with van der Waals surface area (Å²) in [6, 6.07) is 0. The zero-order valence-electron chi connectivity index (χ0n) is 10.8. The van der Waals surface area contributed by atoms with Crippen molar-refractivity contribution in [2.45, 2.75) is 39.5 Å². The minimum atomic E-state index is -0.666. The first kappa shape index (κ1) is 11.5. The number of carbonyl (C=O) groups is 1. The Balaban J connectivity index is 1.98. The largest absolute Gasteiger partial charge is 0.481 e. The van der Waals surface area contributed by atoms with Gasteiger partial charge in [0, 0.05) is 0 Å². The second-order valence-corrected chi connectivity index (χ2v) is 6.84. The highest BCUT2D eigenvalue weighted by Gasteiger charge is 2.74. The molecule has 2 bridgehead atoms. The van der Waals surface area contributed by atoms with E-state index < -0.39 is 5.97 Å². The predicted molar refractivity (Wildman–Crippen MR) is 65.3 cm³/mol. The minimum absolute atomic E-state index is 0.0832. The van der Waals surface area contributed by atoms with E-state index in [1.54, 1.807) is 0 Å². The van der Waals surface area contributed by atoms with Crippen molar-refractivity contribution in [3.63, 3.8) is 0 Å². The predicted octanol–water partition coefficient (Wildman–Crippen LogP) is 2.11. The fourth-order valence-corrected chi connectivity index (χ4v) is 6.00. The van der Waals surface area contributed by atoms with E-state index in [0.717, 1.165) is 11.8 Å². The Hall–Kier alpha value is -0.570. The number of hydrogen-bond donors (Lipinski definition) is 2. The smallest absolute Gasteiger partial charge is 0.303 e. The lowest BCUT2D eigenvalue weighted by atomic mass is 9.36. The van der Waals surface area contributed by atoms with E-state index in [1.165, 1.54) is 19.3 Å². The standard InChI is InChI=1S/C14H23NO2/c1-8-9-3-4-10-13(8,2)11(5-9)14(10,7-15)6-12(16)17/h8-11H,3-7,15H2,1-2H3,(H,16,17). The molecule has 3 fully saturated rings. The molecular formula is C14H23NO2. The normalized spacial score (nSPS) is 55.5. The van der Waals surface area contributed by atoms with Gasteiger partial charge in [0.2, 0.25) is 0 Å². The van der Waals surface area contributed by atoms with Crippen molar-refractivity contribution in [2.24, 2.45) is 40.2 Å². The molecule has 0 saturated heterocycles. The van der Waals surface area contributed by atoms with Crippen molar-refractivity contribution in [3.8, 4) is 0 Å². The topological polar surface area (TPSA) is 63.3 Å². The summed E-state index contributed by atoms with van der Waals surface area (Å²) in [4.78, 5) is 11.2. The van der Waals surface area contributed by atoms with Crippen LogP contribution in [0.25, 0.3) is 0 Å². The van der Waals surface area contributed by atoms with Gasteiger partial charge in [0.25, 0.3) is 0 Å². The van der Waals surface area contributed by atoms with Crippen molar-refractivity contribution in [3.05, 3.63) is 0 Å². The Kier molecular flexibility index (Phi) is 2.20. The first-order valence-electron chi connectivity index (χ1n) is 6.88. The highest BCUT2D eigenvalue weighted by atomic mass is 16.4. The van der Waals surface area contributed by atoms with Gasteiger partial charge in [-0.15, -0.1) is 0 Å². The molecular weight excluding hydrogens is 214 g/mol. The molecule has 96 valence electrons. The van der Waals surface area contributed by atoms with Crippen LogP contribution in [0.1, 0.15) is 39.5 Å². The van der Waals surface area contributed by atoms with E-state index in [9.17, 15) is 9.90 Å². The van der Waals surface area contributed by atoms with Crippen LogP contribution in [0.2, 0.25) is 0 Å². The number of carboxylic acids is 1. The van der Waals surface area contributed by atoms with E-state index in [2.05, 4.69) is 13.8 Å². The van der Waals surface area contributed by atoms with Gasteiger partial charge in [-0.05, 0) is 60.3 Å². The quantitative estimate of drug-likeness (QED) is 0.790. The highest BCUT2D eigenvalue weighted by Crippen LogP contribution is 2.78. The van der Waals surface area contributed by atoms with Crippen molar-refractivity contribution in [1.29, 1.82) is 0 Å². The van der Waals surface area contributed by atoms with E-state index in [4.69, 9.17) is 5.73 Å². The monoisotopic (exact) mass is 237 g/mol. The Labute approximate surface area is 103 Å². The van der Waals surface area contributed by atoms with E-state index in [1.807, 2.05) is 0 Å². The maximum absolute atomic E-state index is 11.2. The summed E-state index contributed by atoms with van der Waals surface area (Å²) in [5, 5.41) is 9.19. The molecule has 6 unspecified atom stereocenters. The van der Waals surface area contributed by atoms with Crippen molar-refractivity contribution in [2.75, 3.05) is 6.54 Å². The molecule has 3 aliphatic carbocycles. The number of nitrogens with two attached hydrogens (primary N) is 1. The van der Waals surface area contributed by atoms with Crippen LogP contribution in [0.5, 0.6) is 0 Å². The van der Waals surface area contributed by atoms with Gasteiger partial charge < -0.3 is 10.8 Å². The van der Waals surface area contributed by atoms with Crippen molar-refractivity contribution in [1.82, 2.24) is 0 Å². The number of fused-ring (bicyclic) bond motifs is 1. The van der Waals surface area contributed by atoms with Crippen LogP contribution in [-0.2, 0) is 4.79 Å². The van der Waals surface area contributed by atoms with Crippen LogP contribution in [0.15, 0.2) is 0 Å². The zero-order chi connectivity index (χ0) is 12.4. The molecule has 3 aliphatic rings. The number of hydrogen-bond acceptors (Lipinski definition) is 2. The molecule has 0 aliphatic heterocycles. The highest BCUT2D eigenvalue weighted by molar-refractivity contribution is 5.68. The zero-order valence-corrected chi connectivity index (χ0v) is 10.8. The Morgan fingerprint density at radius 2 is 2.12 bits per heavy atom. The fraction of sp³-hybridized carbons (Fsp3) is 0.929. The summed E-state index contributed by atoms with van der Waals surface area (Å²) in [6.45, 7) is 5.32. The molecule has 3 rings (SSSR count). The molecule has 0 aromatic heterocycles. The Bertz CT molecular complexity index is 359. The third kappa shape index (κ3) is 1.09. The van der Waals surface area contributed by atoms with Crippen LogP contribution in [-0.4, -0.2) is 17.6 Å². The van der Waals surface area contributed by atoms with Crippen molar-refractivity contribution < 1.29 is 9.90 Å². The average Bonchev–Trinajstić information content (AvgIpc) is 2.48. The fourth-order valence-electron chi connectivity index (χ4n) is 6.00. The summed E-state index contributed by atoms with van der Waals surface area (Å²) in [5.74, 6) is 2.03. The lowest BCUT2D eigenvalue weighted by Crippen LogP contribution is -2.66.